The van der Waals surface area contributed by atoms with E-state index < -0.39 is 0 Å². The number of rotatable bonds is 8. The third-order valence-corrected chi connectivity index (χ3v) is 3.15. The van der Waals surface area contributed by atoms with Crippen LogP contribution in [-0.4, -0.2) is 43.4 Å². The molecule has 18 heavy (non-hydrogen) atoms. The summed E-state index contributed by atoms with van der Waals surface area (Å²) in [7, 11) is 2.06. The highest BCUT2D eigenvalue weighted by molar-refractivity contribution is 5.27. The number of likely N-dealkylation sites (N-methyl/N-ethyl adjacent to an activating group) is 1. The van der Waals surface area contributed by atoms with E-state index in [1.807, 2.05) is 38.1 Å². The lowest BCUT2D eigenvalue weighted by atomic mass is 10.0. The van der Waals surface area contributed by atoms with Crippen molar-refractivity contribution in [1.82, 2.24) is 4.90 Å². The van der Waals surface area contributed by atoms with Crippen LogP contribution in [0.25, 0.3) is 0 Å². The van der Waals surface area contributed by atoms with Gasteiger partial charge in [-0.1, -0.05) is 24.3 Å². The van der Waals surface area contributed by atoms with Gasteiger partial charge in [0.05, 0.1) is 12.7 Å². The molecule has 0 fully saturated rings. The van der Waals surface area contributed by atoms with Gasteiger partial charge in [-0.3, -0.25) is 0 Å². The van der Waals surface area contributed by atoms with Crippen molar-refractivity contribution in [2.45, 2.75) is 26.4 Å². The van der Waals surface area contributed by atoms with Crippen LogP contribution >= 0.6 is 0 Å². The molecule has 0 spiro atoms. The normalized spacial score (nSPS) is 12.9. The van der Waals surface area contributed by atoms with Crippen molar-refractivity contribution in [1.29, 1.82) is 0 Å². The van der Waals surface area contributed by atoms with E-state index in [1.54, 1.807) is 0 Å². The molecule has 0 heterocycles. The van der Waals surface area contributed by atoms with Crippen LogP contribution < -0.4 is 0 Å². The number of benzene rings is 1. The average molecular weight is 251 g/mol. The van der Waals surface area contributed by atoms with Gasteiger partial charge in [0.25, 0.3) is 0 Å². The molecule has 102 valence electrons. The average Bonchev–Trinajstić information content (AvgIpc) is 2.37. The Bertz CT molecular complexity index is 341. The maximum atomic E-state index is 10.2. The number of aliphatic hydroxyl groups excluding tert-OH is 1. The minimum atomic E-state index is -0.374. The molecule has 1 unspecified atom stereocenters. The van der Waals surface area contributed by atoms with Gasteiger partial charge < -0.3 is 14.7 Å². The predicted octanol–water partition coefficient (Wildman–Crippen LogP) is 2.39. The lowest BCUT2D eigenvalue weighted by Crippen LogP contribution is -2.25. The Morgan fingerprint density at radius 3 is 2.67 bits per heavy atom. The smallest absolute Gasteiger partial charge is 0.0804 e. The topological polar surface area (TPSA) is 32.7 Å². The fraction of sp³-hybridized carbons (Fsp3) is 0.600. The first-order chi connectivity index (χ1) is 8.65. The van der Waals surface area contributed by atoms with Crippen LogP contribution in [0.2, 0.25) is 0 Å². The van der Waals surface area contributed by atoms with Gasteiger partial charge >= 0.3 is 0 Å². The predicted molar refractivity (Wildman–Crippen MR) is 74.7 cm³/mol. The molecular formula is C15H25NO2. The van der Waals surface area contributed by atoms with E-state index in [1.165, 1.54) is 0 Å². The van der Waals surface area contributed by atoms with Crippen molar-refractivity contribution < 1.29 is 9.84 Å². The number of ether oxygens (including phenoxy) is 1. The maximum absolute atomic E-state index is 10.2. The quantitative estimate of drug-likeness (QED) is 0.720. The molecule has 3 nitrogen and oxygen atoms in total. The molecule has 0 aliphatic rings. The Kier molecular flexibility index (Phi) is 6.94. The van der Waals surface area contributed by atoms with Gasteiger partial charge in [-0.2, -0.15) is 0 Å². The van der Waals surface area contributed by atoms with E-state index in [0.29, 0.717) is 0 Å². The highest BCUT2D eigenvalue weighted by Crippen LogP contribution is 2.20. The molecule has 0 radical (unpaired) electrons. The lowest BCUT2D eigenvalue weighted by Gasteiger charge is -2.19. The third-order valence-electron chi connectivity index (χ3n) is 3.15. The third kappa shape index (κ3) is 5.17. The van der Waals surface area contributed by atoms with E-state index in [-0.39, 0.29) is 6.10 Å². The fourth-order valence-corrected chi connectivity index (χ4v) is 1.94. The molecule has 1 rings (SSSR count). The number of nitrogens with zero attached hydrogens (tertiary/aromatic N) is 1. The van der Waals surface area contributed by atoms with E-state index >= 15 is 0 Å². The van der Waals surface area contributed by atoms with Crippen LogP contribution in [0.15, 0.2) is 24.3 Å². The van der Waals surface area contributed by atoms with Crippen LogP contribution in [0.5, 0.6) is 0 Å². The van der Waals surface area contributed by atoms with Gasteiger partial charge in [-0.05, 0) is 38.4 Å². The van der Waals surface area contributed by atoms with Gasteiger partial charge in [0.1, 0.15) is 0 Å². The highest BCUT2D eigenvalue weighted by Gasteiger charge is 2.10. The summed E-state index contributed by atoms with van der Waals surface area (Å²) in [5.41, 5.74) is 2.19. The summed E-state index contributed by atoms with van der Waals surface area (Å²) in [6.45, 7) is 7.35. The molecule has 0 saturated carbocycles. The van der Waals surface area contributed by atoms with E-state index in [9.17, 15) is 5.11 Å². The van der Waals surface area contributed by atoms with Gasteiger partial charge in [-0.25, -0.2) is 0 Å². The number of aliphatic hydroxyl groups is 1. The van der Waals surface area contributed by atoms with E-state index in [2.05, 4.69) is 11.9 Å². The Balaban J connectivity index is 2.32. The van der Waals surface area contributed by atoms with E-state index in [0.717, 1.165) is 43.9 Å². The number of hydrogen-bond donors (Lipinski definition) is 1. The molecule has 1 aromatic carbocycles. The molecule has 0 bridgehead atoms. The van der Waals surface area contributed by atoms with Gasteiger partial charge in [-0.15, -0.1) is 0 Å². The van der Waals surface area contributed by atoms with Crippen LogP contribution in [0, 0.1) is 6.92 Å². The van der Waals surface area contributed by atoms with Crippen molar-refractivity contribution >= 4 is 0 Å². The minimum absolute atomic E-state index is 0.374. The highest BCUT2D eigenvalue weighted by atomic mass is 16.5. The van der Waals surface area contributed by atoms with Crippen molar-refractivity contribution in [3.63, 3.8) is 0 Å². The van der Waals surface area contributed by atoms with Crippen molar-refractivity contribution in [2.75, 3.05) is 33.4 Å². The minimum Gasteiger partial charge on any atom is -0.388 e. The van der Waals surface area contributed by atoms with Crippen LogP contribution in [0.4, 0.5) is 0 Å². The second-order valence-electron chi connectivity index (χ2n) is 4.66. The summed E-state index contributed by atoms with van der Waals surface area (Å²) in [6, 6.07) is 8.02. The summed E-state index contributed by atoms with van der Waals surface area (Å²) in [5.74, 6) is 0. The Morgan fingerprint density at radius 1 is 1.28 bits per heavy atom. The summed E-state index contributed by atoms with van der Waals surface area (Å²) in [6.07, 6.45) is 0.383. The summed E-state index contributed by atoms with van der Waals surface area (Å²) >= 11 is 0. The summed E-state index contributed by atoms with van der Waals surface area (Å²) < 4.78 is 5.31. The molecule has 0 saturated heterocycles. The SMILES string of the molecule is CCOCCN(C)CCC(O)c1ccccc1C. The Hall–Kier alpha value is -0.900. The zero-order valence-electron chi connectivity index (χ0n) is 11.7. The van der Waals surface area contributed by atoms with Crippen LogP contribution in [0.1, 0.15) is 30.6 Å². The maximum Gasteiger partial charge on any atom is 0.0804 e. The zero-order chi connectivity index (χ0) is 13.4. The molecule has 1 N–H and O–H groups in total. The monoisotopic (exact) mass is 251 g/mol. The summed E-state index contributed by atoms with van der Waals surface area (Å²) in [4.78, 5) is 2.19. The first kappa shape index (κ1) is 15.2. The van der Waals surface area contributed by atoms with Gasteiger partial charge in [0.15, 0.2) is 0 Å². The Labute approximate surface area is 110 Å². The molecule has 0 aromatic heterocycles. The number of aryl methyl sites for hydroxylation is 1. The lowest BCUT2D eigenvalue weighted by molar-refractivity contribution is 0.108. The van der Waals surface area contributed by atoms with Crippen LogP contribution in [-0.2, 0) is 4.74 Å². The van der Waals surface area contributed by atoms with Gasteiger partial charge in [0, 0.05) is 19.7 Å². The molecule has 1 atom stereocenters. The van der Waals surface area contributed by atoms with Crippen molar-refractivity contribution in [2.24, 2.45) is 0 Å². The molecule has 3 heteroatoms. The molecule has 1 aromatic rings. The zero-order valence-corrected chi connectivity index (χ0v) is 11.7. The van der Waals surface area contributed by atoms with Gasteiger partial charge in [0.2, 0.25) is 0 Å². The van der Waals surface area contributed by atoms with E-state index in [4.69, 9.17) is 4.74 Å². The largest absolute Gasteiger partial charge is 0.388 e. The standard InChI is InChI=1S/C15H25NO2/c1-4-18-12-11-16(3)10-9-15(17)14-8-6-5-7-13(14)2/h5-8,15,17H,4,9-12H2,1-3H3. The first-order valence-corrected chi connectivity index (χ1v) is 6.65. The molecule has 0 aliphatic heterocycles. The summed E-state index contributed by atoms with van der Waals surface area (Å²) in [5, 5.41) is 10.2. The van der Waals surface area contributed by atoms with Crippen molar-refractivity contribution in [3.05, 3.63) is 35.4 Å². The molecule has 0 amide bonds. The second kappa shape index (κ2) is 8.25. The van der Waals surface area contributed by atoms with Crippen molar-refractivity contribution in [3.8, 4) is 0 Å². The van der Waals surface area contributed by atoms with Crippen LogP contribution in [0.3, 0.4) is 0 Å². The Morgan fingerprint density at radius 2 is 2.00 bits per heavy atom. The first-order valence-electron chi connectivity index (χ1n) is 6.65. The number of hydrogen-bond acceptors (Lipinski definition) is 3. The molecule has 0 aliphatic carbocycles. The fourth-order valence-electron chi connectivity index (χ4n) is 1.94. The molecular weight excluding hydrogens is 226 g/mol. The second-order valence-corrected chi connectivity index (χ2v) is 4.66.